The highest BCUT2D eigenvalue weighted by atomic mass is 17.3. The summed E-state index contributed by atoms with van der Waals surface area (Å²) in [6, 6.07) is 0. The molecule has 5 fully saturated rings. The highest BCUT2D eigenvalue weighted by Gasteiger charge is 2.70. The van der Waals surface area contributed by atoms with Gasteiger partial charge in [-0.25, -0.2) is 9.78 Å². The largest absolute Gasteiger partial charge is 0.432 e. The molecule has 1 aliphatic carbocycles. The number of esters is 1. The number of hydrogen-bond acceptors (Lipinski definition) is 5. The topological polar surface area (TPSA) is 54.0 Å². The van der Waals surface area contributed by atoms with E-state index in [-0.39, 0.29) is 17.8 Å². The van der Waals surface area contributed by atoms with Crippen LogP contribution in [-0.2, 0) is 24.0 Å². The van der Waals surface area contributed by atoms with E-state index in [1.165, 1.54) is 0 Å². The van der Waals surface area contributed by atoms with E-state index in [0.717, 1.165) is 64.2 Å². The van der Waals surface area contributed by atoms with Crippen molar-refractivity contribution in [1.29, 1.82) is 0 Å². The van der Waals surface area contributed by atoms with Crippen LogP contribution < -0.4 is 0 Å². The number of hydrogen-bond donors (Lipinski definition) is 0. The van der Waals surface area contributed by atoms with Crippen molar-refractivity contribution in [1.82, 2.24) is 0 Å². The fourth-order valence-corrected chi connectivity index (χ4v) is 5.95. The first kappa shape index (κ1) is 18.7. The van der Waals surface area contributed by atoms with Gasteiger partial charge in [-0.1, -0.05) is 40.0 Å². The Morgan fingerprint density at radius 1 is 1.04 bits per heavy atom. The zero-order chi connectivity index (χ0) is 18.4. The normalized spacial score (nSPS) is 47.2. The average molecular weight is 366 g/mol. The summed E-state index contributed by atoms with van der Waals surface area (Å²) < 4.78 is 12.3. The van der Waals surface area contributed by atoms with Crippen LogP contribution in [0.5, 0.6) is 0 Å². The van der Waals surface area contributed by atoms with Crippen LogP contribution in [-0.4, -0.2) is 23.6 Å². The van der Waals surface area contributed by atoms with E-state index >= 15 is 0 Å². The van der Waals surface area contributed by atoms with Crippen molar-refractivity contribution in [3.63, 3.8) is 0 Å². The molecular formula is C21H34O5. The Labute approximate surface area is 157 Å². The van der Waals surface area contributed by atoms with Crippen LogP contribution in [0.25, 0.3) is 0 Å². The number of ether oxygens (including phenoxy) is 2. The maximum atomic E-state index is 12.8. The number of fused-ring (bicyclic) bond motifs is 2. The highest BCUT2D eigenvalue weighted by molar-refractivity contribution is 5.74. The van der Waals surface area contributed by atoms with Gasteiger partial charge in [0.1, 0.15) is 0 Å². The molecule has 2 bridgehead atoms. The van der Waals surface area contributed by atoms with Crippen molar-refractivity contribution in [3.05, 3.63) is 0 Å². The fraction of sp³-hybridized carbons (Fsp3) is 0.952. The summed E-state index contributed by atoms with van der Waals surface area (Å²) in [7, 11) is 0. The van der Waals surface area contributed by atoms with Gasteiger partial charge in [0.2, 0.25) is 12.1 Å². The molecule has 0 amide bonds. The van der Waals surface area contributed by atoms with Gasteiger partial charge in [-0.2, -0.15) is 0 Å². The molecule has 5 rings (SSSR count). The quantitative estimate of drug-likeness (QED) is 0.502. The van der Waals surface area contributed by atoms with Crippen molar-refractivity contribution >= 4 is 5.97 Å². The van der Waals surface area contributed by atoms with Crippen molar-refractivity contribution in [2.45, 2.75) is 103 Å². The van der Waals surface area contributed by atoms with Gasteiger partial charge in [0.05, 0.1) is 5.92 Å². The van der Waals surface area contributed by atoms with Crippen LogP contribution in [0, 0.1) is 23.7 Å². The van der Waals surface area contributed by atoms with Crippen molar-refractivity contribution in [2.75, 3.05) is 0 Å². The van der Waals surface area contributed by atoms with Gasteiger partial charge < -0.3 is 9.47 Å². The smallest absolute Gasteiger partial charge is 0.311 e. The first-order valence-corrected chi connectivity index (χ1v) is 10.8. The summed E-state index contributed by atoms with van der Waals surface area (Å²) in [5, 5.41) is 0. The van der Waals surface area contributed by atoms with Gasteiger partial charge in [-0.05, 0) is 38.0 Å². The van der Waals surface area contributed by atoms with Crippen LogP contribution in [0.3, 0.4) is 0 Å². The summed E-state index contributed by atoms with van der Waals surface area (Å²) in [6.07, 6.45) is 9.25. The number of carbonyl (C=O) groups excluding carboxylic acids is 1. The molecule has 5 nitrogen and oxygen atoms in total. The van der Waals surface area contributed by atoms with Gasteiger partial charge in [-0.3, -0.25) is 4.79 Å². The maximum absolute atomic E-state index is 12.8. The monoisotopic (exact) mass is 366 g/mol. The highest BCUT2D eigenvalue weighted by Crippen LogP contribution is 2.61. The first-order chi connectivity index (χ1) is 12.6. The molecule has 0 radical (unpaired) electrons. The molecule has 4 saturated heterocycles. The van der Waals surface area contributed by atoms with Crippen molar-refractivity contribution < 1.29 is 24.0 Å². The predicted molar refractivity (Wildman–Crippen MR) is 95.7 cm³/mol. The standard InChI is InChI=1S/C21H34O5/c1-4-6-8-15-17-10-9-14(3)16-11-13-20(12-7-5-2)24-19(23-18(15)22)21(16,17)26-25-20/h14-17,19H,4-13H2,1-3H3. The van der Waals surface area contributed by atoms with Gasteiger partial charge in [0, 0.05) is 24.7 Å². The van der Waals surface area contributed by atoms with E-state index in [1.54, 1.807) is 0 Å². The Bertz CT molecular complexity index is 536. The van der Waals surface area contributed by atoms with Gasteiger partial charge in [0.15, 0.2) is 5.60 Å². The second kappa shape index (κ2) is 7.06. The minimum atomic E-state index is -0.746. The summed E-state index contributed by atoms with van der Waals surface area (Å²) in [4.78, 5) is 25.1. The minimum Gasteiger partial charge on any atom is -0.432 e. The average Bonchev–Trinajstić information content (AvgIpc) is 2.88. The molecule has 26 heavy (non-hydrogen) atoms. The molecule has 4 heterocycles. The molecule has 7 atom stereocenters. The van der Waals surface area contributed by atoms with Gasteiger partial charge in [0.25, 0.3) is 0 Å². The van der Waals surface area contributed by atoms with Crippen LogP contribution in [0.4, 0.5) is 0 Å². The van der Waals surface area contributed by atoms with E-state index in [0.29, 0.717) is 11.8 Å². The van der Waals surface area contributed by atoms with E-state index < -0.39 is 17.7 Å². The third-order valence-electron chi connectivity index (χ3n) is 7.43. The molecule has 5 aliphatic rings. The lowest BCUT2D eigenvalue weighted by atomic mass is 9.57. The Morgan fingerprint density at radius 3 is 2.62 bits per heavy atom. The molecule has 0 aromatic rings. The third kappa shape index (κ3) is 2.73. The molecule has 4 aliphatic heterocycles. The number of rotatable bonds is 6. The second-order valence-corrected chi connectivity index (χ2v) is 8.98. The summed E-state index contributed by atoms with van der Waals surface area (Å²) in [5.74, 6) is 0.0797. The molecule has 1 saturated carbocycles. The van der Waals surface area contributed by atoms with E-state index in [4.69, 9.17) is 19.2 Å². The van der Waals surface area contributed by atoms with Gasteiger partial charge >= 0.3 is 5.97 Å². The molecule has 1 spiro atoms. The van der Waals surface area contributed by atoms with Crippen LogP contribution in [0.2, 0.25) is 0 Å². The zero-order valence-corrected chi connectivity index (χ0v) is 16.5. The van der Waals surface area contributed by atoms with E-state index in [9.17, 15) is 4.79 Å². The van der Waals surface area contributed by atoms with Crippen molar-refractivity contribution in [2.24, 2.45) is 23.7 Å². The first-order valence-electron chi connectivity index (χ1n) is 10.8. The fourth-order valence-electron chi connectivity index (χ4n) is 5.95. The number of unbranched alkanes of at least 4 members (excludes halogenated alkanes) is 2. The van der Waals surface area contributed by atoms with Crippen LogP contribution in [0.1, 0.15) is 85.0 Å². The predicted octanol–water partition coefficient (Wildman–Crippen LogP) is 4.74. The third-order valence-corrected chi connectivity index (χ3v) is 7.43. The molecule has 0 aromatic carbocycles. The lowest BCUT2D eigenvalue weighted by Gasteiger charge is -2.58. The molecule has 0 N–H and O–H groups in total. The van der Waals surface area contributed by atoms with E-state index in [1.807, 2.05) is 0 Å². The maximum Gasteiger partial charge on any atom is 0.311 e. The van der Waals surface area contributed by atoms with E-state index in [2.05, 4.69) is 20.8 Å². The Kier molecular flexibility index (Phi) is 5.08. The second-order valence-electron chi connectivity index (χ2n) is 8.98. The lowest BCUT2D eigenvalue weighted by Crippen LogP contribution is -2.70. The summed E-state index contributed by atoms with van der Waals surface area (Å²) in [6.45, 7) is 6.64. The zero-order valence-electron chi connectivity index (χ0n) is 16.5. The SMILES string of the molecule is CCCCC1C(=O)OC2OC3(CCCC)CCC4C(C)CCC1C24OO3. The lowest BCUT2D eigenvalue weighted by molar-refractivity contribution is -0.564. The van der Waals surface area contributed by atoms with Crippen molar-refractivity contribution in [3.8, 4) is 0 Å². The molecule has 7 unspecified atom stereocenters. The minimum absolute atomic E-state index is 0.0883. The Balaban J connectivity index is 1.69. The van der Waals surface area contributed by atoms with Crippen LogP contribution in [0.15, 0.2) is 0 Å². The number of carbonyl (C=O) groups is 1. The molecule has 148 valence electrons. The van der Waals surface area contributed by atoms with Gasteiger partial charge in [-0.15, -0.1) is 0 Å². The Morgan fingerprint density at radius 2 is 1.85 bits per heavy atom. The Hall–Kier alpha value is -0.650. The molecular weight excluding hydrogens is 332 g/mol. The summed E-state index contributed by atoms with van der Waals surface area (Å²) in [5.41, 5.74) is -0.615. The summed E-state index contributed by atoms with van der Waals surface area (Å²) >= 11 is 0. The molecule has 0 aromatic heterocycles. The molecule has 5 heteroatoms. The van der Waals surface area contributed by atoms with Crippen LogP contribution >= 0.6 is 0 Å².